The fraction of sp³-hybridized carbons (Fsp3) is 0.0638. The van der Waals surface area contributed by atoms with Gasteiger partial charge in [0.25, 0.3) is 0 Å². The lowest BCUT2D eigenvalue weighted by Crippen LogP contribution is -2.16. The van der Waals surface area contributed by atoms with Crippen LogP contribution in [-0.2, 0) is 5.41 Å². The second-order valence-corrected chi connectivity index (χ2v) is 13.7. The highest BCUT2D eigenvalue weighted by Gasteiger charge is 2.38. The van der Waals surface area contributed by atoms with Crippen LogP contribution in [0, 0.1) is 0 Å². The van der Waals surface area contributed by atoms with Crippen molar-refractivity contribution < 1.29 is 4.42 Å². The average molecular weight is 628 g/mol. The zero-order chi connectivity index (χ0) is 32.7. The first kappa shape index (κ1) is 27.9. The van der Waals surface area contributed by atoms with E-state index in [1.54, 1.807) is 0 Å². The Kier molecular flexibility index (Phi) is 5.95. The van der Waals surface area contributed by atoms with E-state index < -0.39 is 0 Å². The first-order valence-electron chi connectivity index (χ1n) is 17.0. The Bertz CT molecular complexity index is 2760. The summed E-state index contributed by atoms with van der Waals surface area (Å²) in [6.07, 6.45) is 0. The van der Waals surface area contributed by atoms with Gasteiger partial charge in [-0.3, -0.25) is 0 Å². The van der Waals surface area contributed by atoms with Crippen molar-refractivity contribution in [3.8, 4) is 22.3 Å². The van der Waals surface area contributed by atoms with Crippen LogP contribution >= 0.6 is 0 Å². The highest BCUT2D eigenvalue weighted by atomic mass is 16.3. The number of rotatable bonds is 4. The number of nitrogens with zero attached hydrogens (tertiary/aromatic N) is 1. The highest BCUT2D eigenvalue weighted by molar-refractivity contribution is 6.18. The van der Waals surface area contributed by atoms with Crippen LogP contribution in [0.4, 0.5) is 17.1 Å². The molecule has 9 aromatic rings. The molecule has 1 aliphatic rings. The molecule has 0 fully saturated rings. The third kappa shape index (κ3) is 4.01. The molecule has 1 aromatic heterocycles. The molecule has 0 N–H and O–H groups in total. The molecule has 1 heterocycles. The Labute approximate surface area is 285 Å². The van der Waals surface area contributed by atoms with Gasteiger partial charge in [-0.1, -0.05) is 153 Å². The van der Waals surface area contributed by atoms with Crippen LogP contribution in [0.3, 0.4) is 0 Å². The Morgan fingerprint density at radius 3 is 1.82 bits per heavy atom. The minimum Gasteiger partial charge on any atom is -0.455 e. The Balaban J connectivity index is 1.30. The molecule has 0 saturated heterocycles. The summed E-state index contributed by atoms with van der Waals surface area (Å²) in [4.78, 5) is 2.49. The second kappa shape index (κ2) is 10.4. The van der Waals surface area contributed by atoms with Crippen molar-refractivity contribution in [1.29, 1.82) is 0 Å². The Morgan fingerprint density at radius 2 is 0.939 bits per heavy atom. The van der Waals surface area contributed by atoms with Gasteiger partial charge < -0.3 is 9.32 Å². The van der Waals surface area contributed by atoms with E-state index in [1.807, 2.05) is 0 Å². The number of para-hydroxylation sites is 2. The van der Waals surface area contributed by atoms with E-state index in [0.29, 0.717) is 0 Å². The van der Waals surface area contributed by atoms with Crippen molar-refractivity contribution in [3.05, 3.63) is 175 Å². The molecule has 49 heavy (non-hydrogen) atoms. The molecular weight excluding hydrogens is 595 g/mol. The predicted molar refractivity (Wildman–Crippen MR) is 206 cm³/mol. The molecule has 1 aliphatic carbocycles. The van der Waals surface area contributed by atoms with Gasteiger partial charge in [0.05, 0.1) is 17.1 Å². The summed E-state index contributed by atoms with van der Waals surface area (Å²) in [6.45, 7) is 4.70. The fourth-order valence-corrected chi connectivity index (χ4v) is 8.35. The van der Waals surface area contributed by atoms with Gasteiger partial charge in [-0.2, -0.15) is 0 Å². The highest BCUT2D eigenvalue weighted by Crippen LogP contribution is 2.55. The molecule has 0 atom stereocenters. The smallest absolute Gasteiger partial charge is 0.143 e. The van der Waals surface area contributed by atoms with E-state index in [0.717, 1.165) is 49.8 Å². The summed E-state index contributed by atoms with van der Waals surface area (Å²) >= 11 is 0. The zero-order valence-electron chi connectivity index (χ0n) is 27.4. The van der Waals surface area contributed by atoms with Gasteiger partial charge in [0.15, 0.2) is 0 Å². The van der Waals surface area contributed by atoms with E-state index >= 15 is 0 Å². The quantitative estimate of drug-likeness (QED) is 0.193. The summed E-state index contributed by atoms with van der Waals surface area (Å²) in [5.74, 6) is 0. The molecule has 0 saturated carbocycles. The van der Waals surface area contributed by atoms with E-state index in [2.05, 4.69) is 183 Å². The van der Waals surface area contributed by atoms with Crippen LogP contribution in [0.5, 0.6) is 0 Å². The zero-order valence-corrected chi connectivity index (χ0v) is 27.4. The summed E-state index contributed by atoms with van der Waals surface area (Å²) in [5.41, 5.74) is 12.6. The largest absolute Gasteiger partial charge is 0.455 e. The first-order valence-corrected chi connectivity index (χ1v) is 17.0. The van der Waals surface area contributed by atoms with Gasteiger partial charge in [0, 0.05) is 43.7 Å². The number of furan rings is 1. The monoisotopic (exact) mass is 627 g/mol. The number of hydrogen-bond acceptors (Lipinski definition) is 2. The molecule has 0 unspecified atom stereocenters. The molecule has 0 amide bonds. The van der Waals surface area contributed by atoms with Crippen LogP contribution in [0.2, 0.25) is 0 Å². The molecule has 0 radical (unpaired) electrons. The topological polar surface area (TPSA) is 16.4 Å². The molecule has 2 nitrogen and oxygen atoms in total. The van der Waals surface area contributed by atoms with Crippen LogP contribution in [0.15, 0.2) is 168 Å². The maximum atomic E-state index is 6.90. The molecule has 10 rings (SSSR count). The number of benzene rings is 8. The lowest BCUT2D eigenvalue weighted by molar-refractivity contribution is 0.660. The molecule has 8 aromatic carbocycles. The molecule has 0 bridgehead atoms. The fourth-order valence-electron chi connectivity index (χ4n) is 8.35. The minimum absolute atomic E-state index is 0.117. The van der Waals surface area contributed by atoms with Crippen molar-refractivity contribution in [3.63, 3.8) is 0 Å². The van der Waals surface area contributed by atoms with E-state index in [1.165, 1.54) is 44.1 Å². The molecule has 0 aliphatic heterocycles. The Morgan fingerprint density at radius 1 is 0.388 bits per heavy atom. The van der Waals surface area contributed by atoms with Gasteiger partial charge in [-0.05, 0) is 51.7 Å². The summed E-state index contributed by atoms with van der Waals surface area (Å²) < 4.78 is 6.90. The molecular formula is C47H33NO. The third-order valence-corrected chi connectivity index (χ3v) is 10.7. The first-order chi connectivity index (χ1) is 24.1. The molecule has 0 spiro atoms. The SMILES string of the molecule is CC1(C)c2ccccc2-c2c(N(c3ccccc3-c3cccc4c3oc3c5ccccc5ccc43)c3cccc4ccccc34)cccc21. The van der Waals surface area contributed by atoms with Crippen molar-refractivity contribution in [2.75, 3.05) is 4.90 Å². The van der Waals surface area contributed by atoms with E-state index in [4.69, 9.17) is 4.42 Å². The maximum Gasteiger partial charge on any atom is 0.143 e. The summed E-state index contributed by atoms with van der Waals surface area (Å²) in [6, 6.07) is 59.4. The van der Waals surface area contributed by atoms with Crippen LogP contribution in [-0.4, -0.2) is 0 Å². The van der Waals surface area contributed by atoms with Gasteiger partial charge in [0.2, 0.25) is 0 Å². The standard InChI is InChI=1S/C47H33NO/c1-47(2)39-23-9-7-20-38(39)44-40(47)24-13-27-43(44)48(41-26-11-16-30-14-3-5-17-32(30)41)42-25-10-8-19-34(42)35-21-12-22-36-37-29-28-31-15-4-6-18-33(31)45(37)49-46(35)36/h3-29H,1-2H3. The van der Waals surface area contributed by atoms with Crippen LogP contribution in [0.25, 0.3) is 65.7 Å². The second-order valence-electron chi connectivity index (χ2n) is 13.7. The average Bonchev–Trinajstić information content (AvgIpc) is 3.65. The van der Waals surface area contributed by atoms with Crippen LogP contribution < -0.4 is 4.90 Å². The lowest BCUT2D eigenvalue weighted by Gasteiger charge is -2.31. The van der Waals surface area contributed by atoms with Crippen molar-refractivity contribution in [2.24, 2.45) is 0 Å². The minimum atomic E-state index is -0.117. The Hall–Kier alpha value is -6.12. The van der Waals surface area contributed by atoms with Crippen LogP contribution in [0.1, 0.15) is 25.0 Å². The van der Waals surface area contributed by atoms with Gasteiger partial charge in [-0.15, -0.1) is 0 Å². The van der Waals surface area contributed by atoms with Gasteiger partial charge in [0.1, 0.15) is 11.2 Å². The van der Waals surface area contributed by atoms with Crippen molar-refractivity contribution in [1.82, 2.24) is 0 Å². The summed E-state index contributed by atoms with van der Waals surface area (Å²) in [5, 5.41) is 6.99. The van der Waals surface area contributed by atoms with Gasteiger partial charge >= 0.3 is 0 Å². The third-order valence-electron chi connectivity index (χ3n) is 10.7. The van der Waals surface area contributed by atoms with Crippen molar-refractivity contribution >= 4 is 60.5 Å². The number of fused-ring (bicyclic) bond motifs is 9. The maximum absolute atomic E-state index is 6.90. The number of anilines is 3. The molecule has 2 heteroatoms. The predicted octanol–water partition coefficient (Wildman–Crippen LogP) is 13.3. The van der Waals surface area contributed by atoms with E-state index in [-0.39, 0.29) is 5.41 Å². The normalized spacial score (nSPS) is 13.3. The number of hydrogen-bond donors (Lipinski definition) is 0. The van der Waals surface area contributed by atoms with Crippen molar-refractivity contribution in [2.45, 2.75) is 19.3 Å². The van der Waals surface area contributed by atoms with Gasteiger partial charge in [-0.25, -0.2) is 0 Å². The molecule has 232 valence electrons. The summed E-state index contributed by atoms with van der Waals surface area (Å²) in [7, 11) is 0. The lowest BCUT2D eigenvalue weighted by atomic mass is 9.82. The van der Waals surface area contributed by atoms with E-state index in [9.17, 15) is 0 Å².